The van der Waals surface area contributed by atoms with E-state index in [1.807, 2.05) is 0 Å². The van der Waals surface area contributed by atoms with E-state index in [1.165, 1.54) is 18.2 Å². The monoisotopic (exact) mass is 282 g/mol. The smallest absolute Gasteiger partial charge is 0.355 e. The summed E-state index contributed by atoms with van der Waals surface area (Å²) in [5.41, 5.74) is 3.21. The summed E-state index contributed by atoms with van der Waals surface area (Å²) < 4.78 is 4.60. The number of benzene rings is 1. The number of rotatable bonds is 5. The van der Waals surface area contributed by atoms with Crippen LogP contribution in [-0.2, 0) is 9.53 Å². The van der Waals surface area contributed by atoms with Crippen molar-refractivity contribution < 1.29 is 14.3 Å². The summed E-state index contributed by atoms with van der Waals surface area (Å²) in [4.78, 5) is 23.5. The molecule has 0 heterocycles. The van der Waals surface area contributed by atoms with E-state index in [0.717, 1.165) is 0 Å². The van der Waals surface area contributed by atoms with Crippen molar-refractivity contribution in [3.8, 4) is 0 Å². The van der Waals surface area contributed by atoms with Crippen LogP contribution in [0, 0.1) is 0 Å². The lowest BCUT2D eigenvalue weighted by atomic mass is 10.1. The van der Waals surface area contributed by atoms with E-state index in [0.29, 0.717) is 10.6 Å². The summed E-state index contributed by atoms with van der Waals surface area (Å²) in [6.45, 7) is 0. The Morgan fingerprint density at radius 2 is 1.84 bits per heavy atom. The number of allylic oxidation sites excluding steroid dienone is 1. The minimum Gasteiger partial charge on any atom is -0.464 e. The Morgan fingerprint density at radius 3 is 2.32 bits per heavy atom. The van der Waals surface area contributed by atoms with Gasteiger partial charge in [-0.2, -0.15) is 0 Å². The first-order chi connectivity index (χ1) is 8.93. The molecule has 5 nitrogen and oxygen atoms in total. The van der Waals surface area contributed by atoms with Crippen LogP contribution in [0.15, 0.2) is 36.0 Å². The topological polar surface area (TPSA) is 58.6 Å². The molecule has 0 unspecified atom stereocenters. The molecule has 102 valence electrons. The first-order valence-corrected chi connectivity index (χ1v) is 5.85. The largest absolute Gasteiger partial charge is 0.464 e. The summed E-state index contributed by atoms with van der Waals surface area (Å²) in [6, 6.07) is 6.40. The van der Waals surface area contributed by atoms with Gasteiger partial charge in [-0.05, 0) is 24.3 Å². The van der Waals surface area contributed by atoms with Crippen LogP contribution in [-0.4, -0.2) is 38.0 Å². The highest BCUT2D eigenvalue weighted by Gasteiger charge is 2.13. The highest BCUT2D eigenvalue weighted by atomic mass is 35.5. The lowest BCUT2D eigenvalue weighted by Gasteiger charge is -2.14. The van der Waals surface area contributed by atoms with Crippen molar-refractivity contribution in [2.75, 3.05) is 21.2 Å². The molecule has 0 spiro atoms. The van der Waals surface area contributed by atoms with Crippen molar-refractivity contribution >= 4 is 23.4 Å². The molecule has 1 N–H and O–H groups in total. The highest BCUT2D eigenvalue weighted by Crippen LogP contribution is 2.11. The van der Waals surface area contributed by atoms with Crippen LogP contribution in [0.2, 0.25) is 5.02 Å². The number of ketones is 1. The van der Waals surface area contributed by atoms with E-state index in [9.17, 15) is 9.59 Å². The van der Waals surface area contributed by atoms with Gasteiger partial charge in [-0.15, -0.1) is 0 Å². The van der Waals surface area contributed by atoms with Gasteiger partial charge < -0.3 is 10.2 Å². The molecule has 1 aromatic rings. The van der Waals surface area contributed by atoms with E-state index < -0.39 is 5.97 Å². The average molecular weight is 283 g/mol. The normalized spacial score (nSPS) is 11.3. The second-order valence-electron chi connectivity index (χ2n) is 3.93. The molecule has 0 amide bonds. The maximum atomic E-state index is 12.0. The van der Waals surface area contributed by atoms with Gasteiger partial charge in [-0.1, -0.05) is 11.6 Å². The molecule has 0 bridgehead atoms. The Kier molecular flexibility index (Phi) is 5.54. The van der Waals surface area contributed by atoms with Crippen LogP contribution in [0.25, 0.3) is 0 Å². The predicted octanol–water partition coefficient (Wildman–Crippen LogP) is 1.65. The number of esters is 1. The van der Waals surface area contributed by atoms with Gasteiger partial charge in [0.2, 0.25) is 0 Å². The number of hydrogen-bond acceptors (Lipinski definition) is 5. The molecule has 1 rings (SSSR count). The van der Waals surface area contributed by atoms with Crippen LogP contribution >= 0.6 is 11.6 Å². The first-order valence-electron chi connectivity index (χ1n) is 5.48. The van der Waals surface area contributed by atoms with Crippen molar-refractivity contribution in [1.82, 2.24) is 10.4 Å². The molecule has 0 aliphatic carbocycles. The van der Waals surface area contributed by atoms with Crippen molar-refractivity contribution in [3.63, 3.8) is 0 Å². The third kappa shape index (κ3) is 4.73. The summed E-state index contributed by atoms with van der Waals surface area (Å²) in [5, 5.41) is 2.08. The zero-order valence-electron chi connectivity index (χ0n) is 10.9. The number of nitrogens with zero attached hydrogens (tertiary/aromatic N) is 1. The van der Waals surface area contributed by atoms with Gasteiger partial charge in [-0.3, -0.25) is 4.79 Å². The van der Waals surface area contributed by atoms with Crippen LogP contribution < -0.4 is 5.43 Å². The number of nitrogens with one attached hydrogen (secondary N) is 1. The van der Waals surface area contributed by atoms with Crippen molar-refractivity contribution in [1.29, 1.82) is 0 Å². The first kappa shape index (κ1) is 15.2. The fraction of sp³-hybridized carbons (Fsp3) is 0.231. The van der Waals surface area contributed by atoms with E-state index in [-0.39, 0.29) is 11.5 Å². The number of halogens is 1. The summed E-state index contributed by atoms with van der Waals surface area (Å²) in [7, 11) is 4.65. The number of methoxy groups -OCH3 is 1. The van der Waals surface area contributed by atoms with Crippen LogP contribution in [0.1, 0.15) is 10.4 Å². The lowest BCUT2D eigenvalue weighted by Crippen LogP contribution is -2.34. The average Bonchev–Trinajstić information content (AvgIpc) is 2.37. The van der Waals surface area contributed by atoms with Gasteiger partial charge in [0, 0.05) is 30.8 Å². The third-order valence-electron chi connectivity index (χ3n) is 2.15. The molecule has 0 radical (unpaired) electrons. The fourth-order valence-corrected chi connectivity index (χ4v) is 1.44. The molecule has 0 aromatic heterocycles. The van der Waals surface area contributed by atoms with Gasteiger partial charge in [0.1, 0.15) is 5.70 Å². The second-order valence-corrected chi connectivity index (χ2v) is 4.36. The Morgan fingerprint density at radius 1 is 1.26 bits per heavy atom. The molecule has 0 aliphatic heterocycles. The molecule has 19 heavy (non-hydrogen) atoms. The van der Waals surface area contributed by atoms with Crippen molar-refractivity contribution in [3.05, 3.63) is 46.6 Å². The van der Waals surface area contributed by atoms with Crippen LogP contribution in [0.4, 0.5) is 0 Å². The number of carbonyl (C=O) groups excluding carboxylic acids is 2. The van der Waals surface area contributed by atoms with Crippen LogP contribution in [0.3, 0.4) is 0 Å². The Hall–Kier alpha value is -1.85. The Balaban J connectivity index is 2.97. The standard InChI is InChI=1S/C13H15ClN2O3/c1-16(2)15-11(13(18)19-3)8-12(17)9-4-6-10(14)7-5-9/h4-8,15H,1-3H3/b11-8+. The van der Waals surface area contributed by atoms with Gasteiger partial charge in [0.15, 0.2) is 5.78 Å². The second kappa shape index (κ2) is 6.92. The van der Waals surface area contributed by atoms with Gasteiger partial charge >= 0.3 is 5.97 Å². The summed E-state index contributed by atoms with van der Waals surface area (Å²) in [5.74, 6) is -0.928. The van der Waals surface area contributed by atoms with Crippen molar-refractivity contribution in [2.24, 2.45) is 0 Å². The maximum absolute atomic E-state index is 12.0. The minimum atomic E-state index is -0.615. The van der Waals surface area contributed by atoms with E-state index in [2.05, 4.69) is 10.2 Å². The third-order valence-corrected chi connectivity index (χ3v) is 2.41. The van der Waals surface area contributed by atoms with Crippen LogP contribution in [0.5, 0.6) is 0 Å². The summed E-state index contributed by atoms with van der Waals surface area (Å²) >= 11 is 5.74. The molecule has 6 heteroatoms. The molecule has 0 saturated carbocycles. The molecular formula is C13H15ClN2O3. The zero-order valence-corrected chi connectivity index (χ0v) is 11.7. The number of hydrogen-bond donors (Lipinski definition) is 1. The molecule has 0 atom stereocenters. The quantitative estimate of drug-likeness (QED) is 0.385. The lowest BCUT2D eigenvalue weighted by molar-refractivity contribution is -0.137. The SMILES string of the molecule is COC(=O)/C(=C\C(=O)c1ccc(Cl)cc1)NN(C)C. The molecule has 0 fully saturated rings. The Bertz CT molecular complexity index is 495. The van der Waals surface area contributed by atoms with Gasteiger partial charge in [0.25, 0.3) is 0 Å². The molecule has 1 aromatic carbocycles. The summed E-state index contributed by atoms with van der Waals surface area (Å²) in [6.07, 6.45) is 1.19. The number of hydrazine groups is 1. The zero-order chi connectivity index (χ0) is 14.4. The molecular weight excluding hydrogens is 268 g/mol. The van der Waals surface area contributed by atoms with E-state index >= 15 is 0 Å². The number of ether oxygens (including phenoxy) is 1. The predicted molar refractivity (Wildman–Crippen MR) is 72.7 cm³/mol. The molecule has 0 saturated heterocycles. The van der Waals surface area contributed by atoms with Gasteiger partial charge in [-0.25, -0.2) is 9.80 Å². The van der Waals surface area contributed by atoms with E-state index in [4.69, 9.17) is 11.6 Å². The fourth-order valence-electron chi connectivity index (χ4n) is 1.32. The van der Waals surface area contributed by atoms with Gasteiger partial charge in [0.05, 0.1) is 7.11 Å². The minimum absolute atomic E-state index is 0.0625. The highest BCUT2D eigenvalue weighted by molar-refractivity contribution is 6.30. The Labute approximate surface area is 116 Å². The van der Waals surface area contributed by atoms with E-state index in [1.54, 1.807) is 38.4 Å². The molecule has 0 aliphatic rings. The number of carbonyl (C=O) groups is 2. The maximum Gasteiger partial charge on any atom is 0.355 e. The van der Waals surface area contributed by atoms with Crippen molar-refractivity contribution in [2.45, 2.75) is 0 Å².